The molecule has 0 spiro atoms. The molecule has 3 rings (SSSR count). The molecule has 168 valence electrons. The third kappa shape index (κ3) is 4.83. The summed E-state index contributed by atoms with van der Waals surface area (Å²) in [5.41, 5.74) is 5.48. The molecule has 2 aromatic rings. The molecule has 1 aliphatic rings. The second-order valence-electron chi connectivity index (χ2n) is 6.43. The number of nitrogens with one attached hydrogen (secondary N) is 1. The predicted octanol–water partition coefficient (Wildman–Crippen LogP) is 1.69. The number of carbonyl (C=O) groups excluding carboxylic acids is 4. The van der Waals surface area contributed by atoms with Gasteiger partial charge in [0, 0.05) is 0 Å². The molecule has 2 heterocycles. The predicted molar refractivity (Wildman–Crippen MR) is 110 cm³/mol. The van der Waals surface area contributed by atoms with Crippen molar-refractivity contribution in [3.8, 4) is 11.5 Å². The van der Waals surface area contributed by atoms with Gasteiger partial charge < -0.3 is 29.7 Å². The molecule has 4 amide bonds. The molecule has 0 aliphatic carbocycles. The average molecular weight is 464 g/mol. The zero-order valence-electron chi connectivity index (χ0n) is 17.0. The monoisotopic (exact) mass is 463 g/mol. The first-order valence-corrected chi connectivity index (χ1v) is 9.41. The average Bonchev–Trinajstić information content (AvgIpc) is 3.32. The molecule has 0 radical (unpaired) electrons. The van der Waals surface area contributed by atoms with Crippen LogP contribution in [0.5, 0.6) is 11.5 Å². The Bertz CT molecular complexity index is 1120. The standard InChI is InChI=1S/C20H18ClN3O8/c1-29-15-7-10(5-12(21)17(15)31-9-16(22)25)6-13-18(26)24(20(28)23-13)8-11-3-4-14(32-11)19(27)30-2/h3-7H,8-9H2,1-2H3,(H2,22,25)(H,23,28). The third-order valence-electron chi connectivity index (χ3n) is 4.25. The fourth-order valence-corrected chi connectivity index (χ4v) is 3.09. The highest BCUT2D eigenvalue weighted by Gasteiger charge is 2.34. The van der Waals surface area contributed by atoms with Crippen molar-refractivity contribution < 1.29 is 37.8 Å². The summed E-state index contributed by atoms with van der Waals surface area (Å²) >= 11 is 6.20. The van der Waals surface area contributed by atoms with Gasteiger partial charge in [0.15, 0.2) is 18.1 Å². The van der Waals surface area contributed by atoms with E-state index in [1.54, 1.807) is 0 Å². The van der Waals surface area contributed by atoms with E-state index in [1.807, 2.05) is 0 Å². The summed E-state index contributed by atoms with van der Waals surface area (Å²) in [6.07, 6.45) is 1.40. The number of nitrogens with zero attached hydrogens (tertiary/aromatic N) is 1. The number of nitrogens with two attached hydrogens (primary N) is 1. The molecule has 1 aromatic heterocycles. The number of esters is 1. The summed E-state index contributed by atoms with van der Waals surface area (Å²) < 4.78 is 20.3. The molecule has 0 unspecified atom stereocenters. The van der Waals surface area contributed by atoms with Gasteiger partial charge in [-0.05, 0) is 35.9 Å². The molecular weight excluding hydrogens is 446 g/mol. The Labute approximate surface area is 186 Å². The Morgan fingerprint density at radius 1 is 1.25 bits per heavy atom. The summed E-state index contributed by atoms with van der Waals surface area (Å²) in [7, 11) is 2.58. The number of imide groups is 1. The molecule has 0 atom stereocenters. The van der Waals surface area contributed by atoms with Crippen molar-refractivity contribution in [1.82, 2.24) is 10.2 Å². The van der Waals surface area contributed by atoms with Gasteiger partial charge in [0.05, 0.1) is 25.8 Å². The smallest absolute Gasteiger partial charge is 0.373 e. The number of benzene rings is 1. The number of hydrogen-bond acceptors (Lipinski definition) is 8. The van der Waals surface area contributed by atoms with Crippen molar-refractivity contribution in [3.63, 3.8) is 0 Å². The number of furan rings is 1. The summed E-state index contributed by atoms with van der Waals surface area (Å²) in [6, 6.07) is 5.14. The van der Waals surface area contributed by atoms with E-state index in [-0.39, 0.29) is 40.3 Å². The Morgan fingerprint density at radius 3 is 2.66 bits per heavy atom. The summed E-state index contributed by atoms with van der Waals surface area (Å²) in [5, 5.41) is 2.57. The molecular formula is C20H18ClN3O8. The van der Waals surface area contributed by atoms with Gasteiger partial charge in [-0.1, -0.05) is 11.6 Å². The molecule has 1 fully saturated rings. The molecule has 1 aromatic carbocycles. The lowest BCUT2D eigenvalue weighted by molar-refractivity contribution is -0.123. The number of hydrogen-bond donors (Lipinski definition) is 2. The van der Waals surface area contributed by atoms with E-state index >= 15 is 0 Å². The van der Waals surface area contributed by atoms with Gasteiger partial charge in [-0.25, -0.2) is 9.59 Å². The lowest BCUT2D eigenvalue weighted by Gasteiger charge is -2.12. The van der Waals surface area contributed by atoms with Crippen LogP contribution >= 0.6 is 11.6 Å². The van der Waals surface area contributed by atoms with Crippen LogP contribution in [0.15, 0.2) is 34.4 Å². The van der Waals surface area contributed by atoms with E-state index in [4.69, 9.17) is 31.2 Å². The molecule has 0 bridgehead atoms. The van der Waals surface area contributed by atoms with E-state index in [0.29, 0.717) is 5.56 Å². The van der Waals surface area contributed by atoms with Gasteiger partial charge >= 0.3 is 12.0 Å². The van der Waals surface area contributed by atoms with E-state index < -0.39 is 30.4 Å². The van der Waals surface area contributed by atoms with E-state index in [1.165, 1.54) is 44.6 Å². The zero-order valence-corrected chi connectivity index (χ0v) is 17.7. The molecule has 12 heteroatoms. The number of urea groups is 1. The van der Waals surface area contributed by atoms with Crippen molar-refractivity contribution in [3.05, 3.63) is 52.1 Å². The number of methoxy groups -OCH3 is 2. The van der Waals surface area contributed by atoms with Crippen molar-refractivity contribution in [2.75, 3.05) is 20.8 Å². The second kappa shape index (κ2) is 9.43. The van der Waals surface area contributed by atoms with Gasteiger partial charge in [-0.15, -0.1) is 0 Å². The van der Waals surface area contributed by atoms with Crippen LogP contribution in [0.2, 0.25) is 5.02 Å². The Hall–Kier alpha value is -3.99. The Balaban J connectivity index is 1.80. The van der Waals surface area contributed by atoms with Gasteiger partial charge in [-0.2, -0.15) is 0 Å². The number of rotatable bonds is 8. The minimum Gasteiger partial charge on any atom is -0.493 e. The van der Waals surface area contributed by atoms with Crippen LogP contribution in [0.3, 0.4) is 0 Å². The Kier molecular flexibility index (Phi) is 6.69. The number of halogens is 1. The fraction of sp³-hybridized carbons (Fsp3) is 0.200. The zero-order chi connectivity index (χ0) is 23.4. The lowest BCUT2D eigenvalue weighted by Crippen LogP contribution is -2.30. The van der Waals surface area contributed by atoms with Crippen molar-refractivity contribution in [2.45, 2.75) is 6.54 Å². The van der Waals surface area contributed by atoms with Crippen molar-refractivity contribution >= 4 is 41.5 Å². The first-order valence-electron chi connectivity index (χ1n) is 9.03. The van der Waals surface area contributed by atoms with E-state index in [0.717, 1.165) is 4.90 Å². The fourth-order valence-electron chi connectivity index (χ4n) is 2.82. The molecule has 11 nitrogen and oxygen atoms in total. The molecule has 1 aliphatic heterocycles. The number of amides is 4. The van der Waals surface area contributed by atoms with Crippen molar-refractivity contribution in [2.24, 2.45) is 5.73 Å². The summed E-state index contributed by atoms with van der Waals surface area (Å²) in [5.74, 6) is -1.51. The second-order valence-corrected chi connectivity index (χ2v) is 6.83. The van der Waals surface area contributed by atoms with Crippen LogP contribution in [0.4, 0.5) is 4.79 Å². The number of ether oxygens (including phenoxy) is 3. The summed E-state index contributed by atoms with van der Waals surface area (Å²) in [4.78, 5) is 48.3. The highest BCUT2D eigenvalue weighted by Crippen LogP contribution is 2.37. The first-order chi connectivity index (χ1) is 15.2. The van der Waals surface area contributed by atoms with Gasteiger partial charge in [0.2, 0.25) is 5.76 Å². The van der Waals surface area contributed by atoms with Crippen LogP contribution in [0.1, 0.15) is 21.9 Å². The maximum atomic E-state index is 12.7. The van der Waals surface area contributed by atoms with E-state index in [2.05, 4.69) is 10.1 Å². The maximum absolute atomic E-state index is 12.7. The van der Waals surface area contributed by atoms with Crippen molar-refractivity contribution in [1.29, 1.82) is 0 Å². The van der Waals surface area contributed by atoms with Crippen LogP contribution < -0.4 is 20.5 Å². The maximum Gasteiger partial charge on any atom is 0.373 e. The third-order valence-corrected chi connectivity index (χ3v) is 4.53. The quantitative estimate of drug-likeness (QED) is 0.341. The highest BCUT2D eigenvalue weighted by atomic mass is 35.5. The van der Waals surface area contributed by atoms with Crippen LogP contribution in [-0.4, -0.2) is 49.5 Å². The Morgan fingerprint density at radius 2 is 2.00 bits per heavy atom. The molecule has 1 saturated heterocycles. The molecule has 3 N–H and O–H groups in total. The van der Waals surface area contributed by atoms with Crippen LogP contribution in [0, 0.1) is 0 Å². The summed E-state index contributed by atoms with van der Waals surface area (Å²) in [6.45, 7) is -0.590. The van der Waals surface area contributed by atoms with Gasteiger partial charge in [0.1, 0.15) is 11.5 Å². The van der Waals surface area contributed by atoms with E-state index in [9.17, 15) is 19.2 Å². The van der Waals surface area contributed by atoms with Gasteiger partial charge in [-0.3, -0.25) is 14.5 Å². The first kappa shape index (κ1) is 22.7. The minimum absolute atomic E-state index is 0.0151. The number of carbonyl (C=O) groups is 4. The normalized spacial score (nSPS) is 14.5. The SMILES string of the molecule is COC(=O)c1ccc(CN2C(=O)NC(=Cc3cc(Cl)c(OCC(N)=O)c(OC)c3)C2=O)o1. The van der Waals surface area contributed by atoms with Gasteiger partial charge in [0.25, 0.3) is 11.8 Å². The van der Waals surface area contributed by atoms with Crippen LogP contribution in [-0.2, 0) is 20.9 Å². The topological polar surface area (TPSA) is 150 Å². The number of primary amides is 1. The highest BCUT2D eigenvalue weighted by molar-refractivity contribution is 6.32. The largest absolute Gasteiger partial charge is 0.493 e. The molecule has 32 heavy (non-hydrogen) atoms. The molecule has 0 saturated carbocycles. The van der Waals surface area contributed by atoms with Crippen LogP contribution in [0.25, 0.3) is 6.08 Å². The lowest BCUT2D eigenvalue weighted by atomic mass is 10.1. The minimum atomic E-state index is -0.691.